The van der Waals surface area contributed by atoms with Crippen molar-refractivity contribution < 1.29 is 9.53 Å². The molecule has 1 aliphatic heterocycles. The number of hydrogen-bond donors (Lipinski definition) is 1. The van der Waals surface area contributed by atoms with Crippen molar-refractivity contribution in [3.8, 4) is 0 Å². The Bertz CT molecular complexity index is 679. The predicted octanol–water partition coefficient (Wildman–Crippen LogP) is 1.91. The van der Waals surface area contributed by atoms with Gasteiger partial charge in [-0.1, -0.05) is 42.1 Å². The van der Waals surface area contributed by atoms with Gasteiger partial charge in [-0.2, -0.15) is 0 Å². The molecule has 1 fully saturated rings. The number of rotatable bonds is 6. The smallest absolute Gasteiger partial charge is 0.410 e. The number of carbonyl (C=O) groups is 1. The number of nitrogens with zero attached hydrogens (tertiary/aromatic N) is 4. The number of amides is 1. The molecule has 7 nitrogen and oxygen atoms in total. The zero-order valence-corrected chi connectivity index (χ0v) is 15.1. The van der Waals surface area contributed by atoms with Gasteiger partial charge < -0.3 is 19.5 Å². The normalized spacial score (nSPS) is 17.5. The van der Waals surface area contributed by atoms with Gasteiger partial charge in [0.2, 0.25) is 0 Å². The summed E-state index contributed by atoms with van der Waals surface area (Å²) in [4.78, 5) is 14.1. The van der Waals surface area contributed by atoms with Crippen molar-refractivity contribution in [3.63, 3.8) is 0 Å². The molecular formula is C17H23N5O2S. The van der Waals surface area contributed by atoms with Crippen LogP contribution >= 0.6 is 11.8 Å². The number of carbonyl (C=O) groups excluding carboxylic acids is 1. The molecule has 0 spiro atoms. The molecule has 0 aliphatic carbocycles. The Labute approximate surface area is 151 Å². The summed E-state index contributed by atoms with van der Waals surface area (Å²) in [6.07, 6.45) is 2.42. The van der Waals surface area contributed by atoms with Crippen LogP contribution in [0.3, 0.4) is 0 Å². The molecule has 25 heavy (non-hydrogen) atoms. The number of aryl methyl sites for hydroxylation is 1. The summed E-state index contributed by atoms with van der Waals surface area (Å²) in [6, 6.07) is 10.0. The molecule has 0 saturated carbocycles. The minimum Gasteiger partial charge on any atom is -0.445 e. The van der Waals surface area contributed by atoms with Crippen LogP contribution in [0.1, 0.15) is 12.0 Å². The van der Waals surface area contributed by atoms with Crippen LogP contribution in [0.4, 0.5) is 4.79 Å². The van der Waals surface area contributed by atoms with Crippen molar-refractivity contribution in [1.29, 1.82) is 0 Å². The second-order valence-corrected chi connectivity index (χ2v) is 7.06. The Balaban J connectivity index is 1.41. The average Bonchev–Trinajstić information content (AvgIpc) is 3.06. The summed E-state index contributed by atoms with van der Waals surface area (Å²) in [5, 5.41) is 12.3. The predicted molar refractivity (Wildman–Crippen MR) is 96.3 cm³/mol. The van der Waals surface area contributed by atoms with Gasteiger partial charge in [0.1, 0.15) is 12.9 Å². The van der Waals surface area contributed by atoms with Crippen LogP contribution in [0.5, 0.6) is 0 Å². The first-order chi connectivity index (χ1) is 12.2. The van der Waals surface area contributed by atoms with E-state index in [0.717, 1.165) is 29.4 Å². The van der Waals surface area contributed by atoms with Gasteiger partial charge in [0.15, 0.2) is 5.16 Å². The number of thioether (sulfide) groups is 1. The van der Waals surface area contributed by atoms with Gasteiger partial charge in [-0.15, -0.1) is 10.2 Å². The molecule has 0 unspecified atom stereocenters. The van der Waals surface area contributed by atoms with Crippen molar-refractivity contribution in [3.05, 3.63) is 42.2 Å². The third kappa shape index (κ3) is 5.20. The van der Waals surface area contributed by atoms with E-state index in [-0.39, 0.29) is 12.1 Å². The molecule has 2 aromatic rings. The fraction of sp³-hybridized carbons (Fsp3) is 0.471. The van der Waals surface area contributed by atoms with Crippen molar-refractivity contribution in [1.82, 2.24) is 25.0 Å². The number of hydrogen-bond acceptors (Lipinski definition) is 6. The quantitative estimate of drug-likeness (QED) is 0.793. The van der Waals surface area contributed by atoms with E-state index in [1.165, 1.54) is 0 Å². The molecule has 1 N–H and O–H groups in total. The summed E-state index contributed by atoms with van der Waals surface area (Å²) in [5.41, 5.74) is 1.00. The monoisotopic (exact) mass is 361 g/mol. The lowest BCUT2D eigenvalue weighted by Crippen LogP contribution is -2.52. The molecule has 134 valence electrons. The van der Waals surface area contributed by atoms with E-state index in [0.29, 0.717) is 19.7 Å². The SMILES string of the molecule is Cn1cnnc1SCC[C@@H]1CN(C(=O)OCc2ccccc2)CCN1. The molecule has 3 rings (SSSR count). The van der Waals surface area contributed by atoms with Gasteiger partial charge in [0, 0.05) is 38.5 Å². The van der Waals surface area contributed by atoms with E-state index in [2.05, 4.69) is 15.5 Å². The molecule has 1 aliphatic rings. The average molecular weight is 361 g/mol. The summed E-state index contributed by atoms with van der Waals surface area (Å²) in [6.45, 7) is 2.46. The van der Waals surface area contributed by atoms with Crippen LogP contribution in [-0.2, 0) is 18.4 Å². The van der Waals surface area contributed by atoms with Crippen molar-refractivity contribution in [2.24, 2.45) is 7.05 Å². The lowest BCUT2D eigenvalue weighted by Gasteiger charge is -2.33. The lowest BCUT2D eigenvalue weighted by molar-refractivity contribution is 0.0847. The standard InChI is InChI=1S/C17H23N5O2S/c1-21-13-19-20-16(21)25-10-7-15-11-22(9-8-18-15)17(23)24-12-14-5-3-2-4-6-14/h2-6,13,15,18H,7-12H2,1H3/t15-/m1/s1. The maximum absolute atomic E-state index is 12.3. The summed E-state index contributed by atoms with van der Waals surface area (Å²) >= 11 is 1.68. The molecule has 1 aromatic heterocycles. The number of piperazine rings is 1. The Morgan fingerprint density at radius 1 is 1.40 bits per heavy atom. The van der Waals surface area contributed by atoms with E-state index < -0.39 is 0 Å². The fourth-order valence-corrected chi connectivity index (χ4v) is 3.63. The summed E-state index contributed by atoms with van der Waals surface area (Å²) in [7, 11) is 1.94. The largest absolute Gasteiger partial charge is 0.445 e. The van der Waals surface area contributed by atoms with E-state index >= 15 is 0 Å². The van der Waals surface area contributed by atoms with Crippen LogP contribution in [0.25, 0.3) is 0 Å². The molecule has 0 radical (unpaired) electrons. The van der Waals surface area contributed by atoms with Crippen LogP contribution in [-0.4, -0.2) is 57.2 Å². The molecule has 8 heteroatoms. The van der Waals surface area contributed by atoms with Crippen LogP contribution in [0.2, 0.25) is 0 Å². The first-order valence-corrected chi connectivity index (χ1v) is 9.37. The lowest BCUT2D eigenvalue weighted by atomic mass is 10.2. The van der Waals surface area contributed by atoms with Gasteiger partial charge in [-0.25, -0.2) is 4.79 Å². The van der Waals surface area contributed by atoms with Crippen LogP contribution in [0, 0.1) is 0 Å². The highest BCUT2D eigenvalue weighted by atomic mass is 32.2. The van der Waals surface area contributed by atoms with E-state index in [1.807, 2.05) is 41.9 Å². The molecule has 1 atom stereocenters. The highest BCUT2D eigenvalue weighted by Crippen LogP contribution is 2.16. The zero-order valence-electron chi connectivity index (χ0n) is 14.3. The molecular weight excluding hydrogens is 338 g/mol. The second kappa shape index (κ2) is 8.87. The van der Waals surface area contributed by atoms with Gasteiger partial charge in [0.25, 0.3) is 0 Å². The molecule has 1 aromatic carbocycles. The Morgan fingerprint density at radius 2 is 2.24 bits per heavy atom. The highest BCUT2D eigenvalue weighted by Gasteiger charge is 2.24. The summed E-state index contributed by atoms with van der Waals surface area (Å²) in [5.74, 6) is 0.928. The fourth-order valence-electron chi connectivity index (χ4n) is 2.69. The minimum absolute atomic E-state index is 0.240. The van der Waals surface area contributed by atoms with Gasteiger partial charge >= 0.3 is 6.09 Å². The third-order valence-electron chi connectivity index (χ3n) is 4.09. The number of nitrogens with one attached hydrogen (secondary N) is 1. The number of aromatic nitrogens is 3. The van der Waals surface area contributed by atoms with Crippen molar-refractivity contribution in [2.45, 2.75) is 24.2 Å². The first-order valence-electron chi connectivity index (χ1n) is 8.38. The van der Waals surface area contributed by atoms with E-state index in [1.54, 1.807) is 23.0 Å². The van der Waals surface area contributed by atoms with E-state index in [4.69, 9.17) is 4.74 Å². The maximum atomic E-state index is 12.3. The van der Waals surface area contributed by atoms with Crippen LogP contribution in [0.15, 0.2) is 41.8 Å². The Hall–Kier alpha value is -2.06. The maximum Gasteiger partial charge on any atom is 0.410 e. The Morgan fingerprint density at radius 3 is 3.00 bits per heavy atom. The summed E-state index contributed by atoms with van der Waals surface area (Å²) < 4.78 is 7.34. The molecule has 2 heterocycles. The Kier molecular flexibility index (Phi) is 6.30. The van der Waals surface area contributed by atoms with Gasteiger partial charge in [0.05, 0.1) is 0 Å². The van der Waals surface area contributed by atoms with Crippen molar-refractivity contribution in [2.75, 3.05) is 25.4 Å². The van der Waals surface area contributed by atoms with Crippen molar-refractivity contribution >= 4 is 17.9 Å². The molecule has 1 amide bonds. The molecule has 0 bridgehead atoms. The first kappa shape index (κ1) is 17.8. The number of benzene rings is 1. The van der Waals surface area contributed by atoms with Gasteiger partial charge in [-0.05, 0) is 12.0 Å². The van der Waals surface area contributed by atoms with E-state index in [9.17, 15) is 4.79 Å². The van der Waals surface area contributed by atoms with Crippen LogP contribution < -0.4 is 5.32 Å². The zero-order chi connectivity index (χ0) is 17.5. The minimum atomic E-state index is -0.240. The second-order valence-electron chi connectivity index (χ2n) is 6.00. The highest BCUT2D eigenvalue weighted by molar-refractivity contribution is 7.99. The van der Waals surface area contributed by atoms with Gasteiger partial charge in [-0.3, -0.25) is 0 Å². The molecule has 1 saturated heterocycles. The number of ether oxygens (including phenoxy) is 1. The third-order valence-corrected chi connectivity index (χ3v) is 5.15. The topological polar surface area (TPSA) is 72.3 Å².